The maximum atomic E-state index is 13.1. The van der Waals surface area contributed by atoms with E-state index in [1.165, 1.54) is 11.3 Å². The molecule has 6 nitrogen and oxygen atoms in total. The Labute approximate surface area is 167 Å². The van der Waals surface area contributed by atoms with Crippen LogP contribution in [0.15, 0.2) is 42.7 Å². The van der Waals surface area contributed by atoms with Crippen LogP contribution in [-0.4, -0.2) is 48.1 Å². The summed E-state index contributed by atoms with van der Waals surface area (Å²) in [5.74, 6) is 1.44. The summed E-state index contributed by atoms with van der Waals surface area (Å²) in [6, 6.07) is 10.5. The number of para-hydroxylation sites is 1. The molecule has 1 fully saturated rings. The van der Waals surface area contributed by atoms with Crippen LogP contribution in [0.5, 0.6) is 0 Å². The Morgan fingerprint density at radius 1 is 1.18 bits per heavy atom. The zero-order chi connectivity index (χ0) is 19.5. The summed E-state index contributed by atoms with van der Waals surface area (Å²) in [5, 5.41) is 3.19. The monoisotopic (exact) mass is 379 g/mol. The Balaban J connectivity index is 1.57. The van der Waals surface area contributed by atoms with E-state index < -0.39 is 0 Å². The van der Waals surface area contributed by atoms with Gasteiger partial charge in [-0.25, -0.2) is 9.97 Å². The SMILES string of the molecule is CC(C)CCNC(=O)[C@H]1Cc2ccccc2N2CCN(c3ncccn3)C[C@H]12. The smallest absolute Gasteiger partial charge is 0.225 e. The summed E-state index contributed by atoms with van der Waals surface area (Å²) < 4.78 is 0. The standard InChI is InChI=1S/C22H29N5O/c1-16(2)8-11-23-21(28)18-14-17-6-3-4-7-19(17)27-13-12-26(15-20(18)27)22-24-9-5-10-25-22/h3-7,9-10,16,18,20H,8,11-15H2,1-2H3,(H,23,28)/t18-,20+/m0/s1. The van der Waals surface area contributed by atoms with Crippen molar-refractivity contribution in [2.45, 2.75) is 32.7 Å². The van der Waals surface area contributed by atoms with Crippen LogP contribution < -0.4 is 15.1 Å². The first kappa shape index (κ1) is 18.7. The fraction of sp³-hybridized carbons (Fsp3) is 0.500. The molecule has 0 aliphatic carbocycles. The largest absolute Gasteiger partial charge is 0.364 e. The van der Waals surface area contributed by atoms with E-state index in [0.29, 0.717) is 5.92 Å². The number of benzene rings is 1. The Bertz CT molecular complexity index is 810. The lowest BCUT2D eigenvalue weighted by molar-refractivity contribution is -0.125. The molecular formula is C22H29N5O. The molecule has 1 amide bonds. The number of anilines is 2. The van der Waals surface area contributed by atoms with Gasteiger partial charge in [-0.1, -0.05) is 32.0 Å². The highest BCUT2D eigenvalue weighted by atomic mass is 16.1. The maximum Gasteiger partial charge on any atom is 0.225 e. The second-order valence-electron chi connectivity index (χ2n) is 8.17. The normalized spacial score (nSPS) is 21.2. The van der Waals surface area contributed by atoms with Crippen molar-refractivity contribution in [3.8, 4) is 0 Å². The quantitative estimate of drug-likeness (QED) is 0.865. The lowest BCUT2D eigenvalue weighted by Crippen LogP contribution is -2.61. The topological polar surface area (TPSA) is 61.4 Å². The lowest BCUT2D eigenvalue weighted by atomic mass is 9.83. The van der Waals surface area contributed by atoms with Crippen LogP contribution in [-0.2, 0) is 11.2 Å². The third-order valence-electron chi connectivity index (χ3n) is 5.82. The van der Waals surface area contributed by atoms with Gasteiger partial charge in [0.1, 0.15) is 0 Å². The Morgan fingerprint density at radius 2 is 1.96 bits per heavy atom. The number of carbonyl (C=O) groups is 1. The number of hydrogen-bond acceptors (Lipinski definition) is 5. The second kappa shape index (κ2) is 8.17. The average Bonchev–Trinajstić information content (AvgIpc) is 2.73. The van der Waals surface area contributed by atoms with Gasteiger partial charge in [0.15, 0.2) is 0 Å². The summed E-state index contributed by atoms with van der Waals surface area (Å²) in [4.78, 5) is 26.6. The molecule has 1 saturated heterocycles. The average molecular weight is 380 g/mol. The molecule has 148 valence electrons. The van der Waals surface area contributed by atoms with Gasteiger partial charge in [0.2, 0.25) is 11.9 Å². The predicted octanol–water partition coefficient (Wildman–Crippen LogP) is 2.51. The van der Waals surface area contributed by atoms with E-state index in [0.717, 1.165) is 45.0 Å². The van der Waals surface area contributed by atoms with E-state index in [1.807, 2.05) is 6.07 Å². The van der Waals surface area contributed by atoms with Gasteiger partial charge in [-0.3, -0.25) is 4.79 Å². The highest BCUT2D eigenvalue weighted by molar-refractivity contribution is 5.82. The van der Waals surface area contributed by atoms with Gasteiger partial charge < -0.3 is 15.1 Å². The van der Waals surface area contributed by atoms with Crippen molar-refractivity contribution >= 4 is 17.5 Å². The van der Waals surface area contributed by atoms with Crippen molar-refractivity contribution in [2.75, 3.05) is 36.0 Å². The van der Waals surface area contributed by atoms with Crippen LogP contribution in [0.1, 0.15) is 25.8 Å². The van der Waals surface area contributed by atoms with Crippen molar-refractivity contribution in [2.24, 2.45) is 11.8 Å². The molecular weight excluding hydrogens is 350 g/mol. The van der Waals surface area contributed by atoms with Gasteiger partial charge in [0.05, 0.1) is 12.0 Å². The van der Waals surface area contributed by atoms with Crippen molar-refractivity contribution in [1.82, 2.24) is 15.3 Å². The molecule has 1 aromatic carbocycles. The van der Waals surface area contributed by atoms with E-state index in [4.69, 9.17) is 0 Å². The zero-order valence-electron chi connectivity index (χ0n) is 16.7. The van der Waals surface area contributed by atoms with Crippen molar-refractivity contribution in [3.63, 3.8) is 0 Å². The second-order valence-corrected chi connectivity index (χ2v) is 8.17. The summed E-state index contributed by atoms with van der Waals surface area (Å²) in [6.45, 7) is 7.60. The third kappa shape index (κ3) is 3.81. The Hall–Kier alpha value is -2.63. The Kier molecular flexibility index (Phi) is 5.46. The molecule has 1 aromatic heterocycles. The molecule has 2 aliphatic heterocycles. The fourth-order valence-corrected chi connectivity index (χ4v) is 4.31. The Morgan fingerprint density at radius 3 is 2.75 bits per heavy atom. The number of piperazine rings is 1. The molecule has 28 heavy (non-hydrogen) atoms. The van der Waals surface area contributed by atoms with Crippen LogP contribution in [0.25, 0.3) is 0 Å². The molecule has 0 unspecified atom stereocenters. The highest BCUT2D eigenvalue weighted by Crippen LogP contribution is 2.36. The number of nitrogens with zero attached hydrogens (tertiary/aromatic N) is 4. The minimum atomic E-state index is -0.0615. The fourth-order valence-electron chi connectivity index (χ4n) is 4.31. The van der Waals surface area contributed by atoms with E-state index >= 15 is 0 Å². The summed E-state index contributed by atoms with van der Waals surface area (Å²) in [6.07, 6.45) is 5.35. The van der Waals surface area contributed by atoms with Gasteiger partial charge in [0, 0.05) is 44.3 Å². The lowest BCUT2D eigenvalue weighted by Gasteiger charge is -2.49. The number of hydrogen-bond donors (Lipinski definition) is 1. The van der Waals surface area contributed by atoms with Gasteiger partial charge in [0.25, 0.3) is 0 Å². The molecule has 0 radical (unpaired) electrons. The van der Waals surface area contributed by atoms with Gasteiger partial charge in [-0.15, -0.1) is 0 Å². The molecule has 1 N–H and O–H groups in total. The van der Waals surface area contributed by atoms with Crippen LogP contribution in [0.3, 0.4) is 0 Å². The molecule has 0 saturated carbocycles. The molecule has 0 spiro atoms. The van der Waals surface area contributed by atoms with Crippen LogP contribution >= 0.6 is 0 Å². The molecule has 2 aliphatic rings. The van der Waals surface area contributed by atoms with E-state index in [2.05, 4.69) is 63.2 Å². The number of aromatic nitrogens is 2. The van der Waals surface area contributed by atoms with E-state index in [9.17, 15) is 4.79 Å². The molecule has 2 atom stereocenters. The van der Waals surface area contributed by atoms with E-state index in [-0.39, 0.29) is 17.9 Å². The van der Waals surface area contributed by atoms with E-state index in [1.54, 1.807) is 12.4 Å². The summed E-state index contributed by atoms with van der Waals surface area (Å²) >= 11 is 0. The molecule has 6 heteroatoms. The highest BCUT2D eigenvalue weighted by Gasteiger charge is 2.41. The number of nitrogens with one attached hydrogen (secondary N) is 1. The minimum Gasteiger partial charge on any atom is -0.364 e. The maximum absolute atomic E-state index is 13.1. The molecule has 4 rings (SSSR count). The van der Waals surface area contributed by atoms with Crippen LogP contribution in [0.4, 0.5) is 11.6 Å². The molecule has 0 bridgehead atoms. The molecule has 3 heterocycles. The number of fused-ring (bicyclic) bond motifs is 3. The first-order chi connectivity index (χ1) is 13.6. The van der Waals surface area contributed by atoms with Gasteiger partial charge in [-0.2, -0.15) is 0 Å². The molecule has 2 aromatic rings. The number of rotatable bonds is 5. The first-order valence-corrected chi connectivity index (χ1v) is 10.3. The van der Waals surface area contributed by atoms with Crippen molar-refractivity contribution in [1.29, 1.82) is 0 Å². The van der Waals surface area contributed by atoms with Crippen molar-refractivity contribution in [3.05, 3.63) is 48.3 Å². The van der Waals surface area contributed by atoms with Crippen molar-refractivity contribution < 1.29 is 4.79 Å². The zero-order valence-corrected chi connectivity index (χ0v) is 16.7. The van der Waals surface area contributed by atoms with Crippen LogP contribution in [0.2, 0.25) is 0 Å². The summed E-state index contributed by atoms with van der Waals surface area (Å²) in [7, 11) is 0. The van der Waals surface area contributed by atoms with Gasteiger partial charge >= 0.3 is 0 Å². The number of amides is 1. The number of carbonyl (C=O) groups excluding carboxylic acids is 1. The summed E-state index contributed by atoms with van der Waals surface area (Å²) in [5.41, 5.74) is 2.54. The predicted molar refractivity (Wildman–Crippen MR) is 111 cm³/mol. The van der Waals surface area contributed by atoms with Crippen LogP contribution in [0, 0.1) is 11.8 Å². The van der Waals surface area contributed by atoms with Gasteiger partial charge in [-0.05, 0) is 36.5 Å². The minimum absolute atomic E-state index is 0.0615. The first-order valence-electron chi connectivity index (χ1n) is 10.3. The third-order valence-corrected chi connectivity index (χ3v) is 5.82.